The SMILES string of the molecule is CC(N)CCC(=O)NCC1(c2cccc(Br)c2)CCOCC1.Cl. The van der Waals surface area contributed by atoms with E-state index in [1.54, 1.807) is 0 Å². The van der Waals surface area contributed by atoms with E-state index in [1.807, 2.05) is 13.0 Å². The van der Waals surface area contributed by atoms with Gasteiger partial charge in [0.1, 0.15) is 0 Å². The molecule has 0 radical (unpaired) electrons. The maximum atomic E-state index is 12.0. The van der Waals surface area contributed by atoms with Crippen LogP contribution < -0.4 is 11.1 Å². The molecular weight excluding hydrogens is 380 g/mol. The molecule has 2 rings (SSSR count). The quantitative estimate of drug-likeness (QED) is 0.764. The molecule has 1 heterocycles. The second-order valence-corrected chi connectivity index (χ2v) is 7.11. The van der Waals surface area contributed by atoms with Crippen molar-refractivity contribution in [1.29, 1.82) is 0 Å². The Labute approximate surface area is 153 Å². The molecule has 23 heavy (non-hydrogen) atoms. The number of carbonyl (C=O) groups is 1. The Morgan fingerprint density at radius 3 is 2.74 bits per heavy atom. The van der Waals surface area contributed by atoms with Crippen LogP contribution in [0.25, 0.3) is 0 Å². The molecule has 0 saturated carbocycles. The van der Waals surface area contributed by atoms with E-state index in [-0.39, 0.29) is 29.8 Å². The van der Waals surface area contributed by atoms with Crippen molar-refractivity contribution in [2.75, 3.05) is 19.8 Å². The number of halogens is 2. The molecule has 0 bridgehead atoms. The van der Waals surface area contributed by atoms with Crippen LogP contribution in [0.1, 0.15) is 38.2 Å². The van der Waals surface area contributed by atoms with Gasteiger partial charge >= 0.3 is 0 Å². The number of nitrogens with two attached hydrogens (primary N) is 1. The summed E-state index contributed by atoms with van der Waals surface area (Å²) in [6.45, 7) is 4.06. The van der Waals surface area contributed by atoms with Crippen LogP contribution in [-0.4, -0.2) is 31.7 Å². The first-order valence-electron chi connectivity index (χ1n) is 7.88. The minimum absolute atomic E-state index is 0. The van der Waals surface area contributed by atoms with Gasteiger partial charge < -0.3 is 15.8 Å². The van der Waals surface area contributed by atoms with Gasteiger partial charge in [0.25, 0.3) is 0 Å². The topological polar surface area (TPSA) is 64.4 Å². The largest absolute Gasteiger partial charge is 0.381 e. The van der Waals surface area contributed by atoms with E-state index >= 15 is 0 Å². The summed E-state index contributed by atoms with van der Waals surface area (Å²) in [4.78, 5) is 12.0. The maximum Gasteiger partial charge on any atom is 0.220 e. The number of hydrogen-bond acceptors (Lipinski definition) is 3. The lowest BCUT2D eigenvalue weighted by atomic mass is 9.74. The van der Waals surface area contributed by atoms with Crippen LogP contribution >= 0.6 is 28.3 Å². The fourth-order valence-electron chi connectivity index (χ4n) is 2.86. The van der Waals surface area contributed by atoms with Gasteiger partial charge in [-0.1, -0.05) is 28.1 Å². The van der Waals surface area contributed by atoms with Crippen LogP contribution in [0.5, 0.6) is 0 Å². The molecule has 0 aromatic heterocycles. The summed E-state index contributed by atoms with van der Waals surface area (Å²) in [6.07, 6.45) is 3.07. The zero-order chi connectivity index (χ0) is 16.0. The number of rotatable bonds is 6. The van der Waals surface area contributed by atoms with Crippen LogP contribution in [-0.2, 0) is 14.9 Å². The molecular formula is C17H26BrClN2O2. The smallest absolute Gasteiger partial charge is 0.220 e. The normalized spacial score (nSPS) is 17.9. The van der Waals surface area contributed by atoms with Crippen molar-refractivity contribution in [2.24, 2.45) is 5.73 Å². The zero-order valence-electron chi connectivity index (χ0n) is 13.5. The number of carbonyl (C=O) groups excluding carboxylic acids is 1. The van der Waals surface area contributed by atoms with Crippen LogP contribution in [0.4, 0.5) is 0 Å². The lowest BCUT2D eigenvalue weighted by molar-refractivity contribution is -0.121. The van der Waals surface area contributed by atoms with Gasteiger partial charge in [0.05, 0.1) is 0 Å². The Hall–Kier alpha value is -0.620. The molecule has 1 saturated heterocycles. The molecule has 1 atom stereocenters. The second-order valence-electron chi connectivity index (χ2n) is 6.20. The van der Waals surface area contributed by atoms with E-state index in [4.69, 9.17) is 10.5 Å². The Morgan fingerprint density at radius 1 is 1.43 bits per heavy atom. The summed E-state index contributed by atoms with van der Waals surface area (Å²) in [5.74, 6) is 0.0816. The fraction of sp³-hybridized carbons (Fsp3) is 0.588. The molecule has 1 aliphatic rings. The summed E-state index contributed by atoms with van der Waals surface area (Å²) < 4.78 is 6.59. The standard InChI is InChI=1S/C17H25BrN2O2.ClH/c1-13(19)5-6-16(21)20-12-17(7-9-22-10-8-17)14-3-2-4-15(18)11-14;/h2-4,11,13H,5-10,12,19H2,1H3,(H,20,21);1H. The Balaban J connectivity index is 0.00000264. The number of hydrogen-bond donors (Lipinski definition) is 2. The van der Waals surface area contributed by atoms with Crippen molar-refractivity contribution in [3.05, 3.63) is 34.3 Å². The van der Waals surface area contributed by atoms with Gasteiger partial charge in [0, 0.05) is 42.1 Å². The highest BCUT2D eigenvalue weighted by Crippen LogP contribution is 2.35. The van der Waals surface area contributed by atoms with E-state index in [0.29, 0.717) is 13.0 Å². The predicted molar refractivity (Wildman–Crippen MR) is 99.0 cm³/mol. The van der Waals surface area contributed by atoms with Gasteiger partial charge in [-0.15, -0.1) is 12.4 Å². The molecule has 1 aromatic rings. The van der Waals surface area contributed by atoms with Crippen molar-refractivity contribution in [3.63, 3.8) is 0 Å². The number of amides is 1. The minimum Gasteiger partial charge on any atom is -0.381 e. The Kier molecular flexibility index (Phi) is 8.54. The highest BCUT2D eigenvalue weighted by molar-refractivity contribution is 9.10. The molecule has 130 valence electrons. The average molecular weight is 406 g/mol. The Morgan fingerprint density at radius 2 is 2.13 bits per heavy atom. The van der Waals surface area contributed by atoms with E-state index in [0.717, 1.165) is 36.9 Å². The zero-order valence-corrected chi connectivity index (χ0v) is 15.9. The van der Waals surface area contributed by atoms with Crippen LogP contribution in [0.15, 0.2) is 28.7 Å². The third-order valence-corrected chi connectivity index (χ3v) is 4.83. The lowest BCUT2D eigenvalue weighted by Gasteiger charge is -2.38. The van der Waals surface area contributed by atoms with Gasteiger partial charge in [-0.3, -0.25) is 4.79 Å². The minimum atomic E-state index is -0.0357. The van der Waals surface area contributed by atoms with Crippen molar-refractivity contribution < 1.29 is 9.53 Å². The van der Waals surface area contributed by atoms with Crippen molar-refractivity contribution in [2.45, 2.75) is 44.1 Å². The maximum absolute atomic E-state index is 12.0. The van der Waals surface area contributed by atoms with Gasteiger partial charge in [0.15, 0.2) is 0 Å². The first kappa shape index (κ1) is 20.4. The van der Waals surface area contributed by atoms with Crippen molar-refractivity contribution in [3.8, 4) is 0 Å². The first-order valence-corrected chi connectivity index (χ1v) is 8.67. The molecule has 1 aliphatic heterocycles. The Bertz CT molecular complexity index is 505. The van der Waals surface area contributed by atoms with Crippen LogP contribution in [0, 0.1) is 0 Å². The molecule has 6 heteroatoms. The van der Waals surface area contributed by atoms with Gasteiger partial charge in [0.2, 0.25) is 5.91 Å². The lowest BCUT2D eigenvalue weighted by Crippen LogP contribution is -2.44. The predicted octanol–water partition coefficient (Wildman–Crippen LogP) is 3.16. The third-order valence-electron chi connectivity index (χ3n) is 4.34. The first-order chi connectivity index (χ1) is 10.5. The highest BCUT2D eigenvalue weighted by Gasteiger charge is 2.34. The molecule has 1 fully saturated rings. The van der Waals surface area contributed by atoms with Crippen LogP contribution in [0.3, 0.4) is 0 Å². The van der Waals surface area contributed by atoms with Crippen LogP contribution in [0.2, 0.25) is 0 Å². The van der Waals surface area contributed by atoms with E-state index in [2.05, 4.69) is 39.4 Å². The summed E-state index contributed by atoms with van der Waals surface area (Å²) in [5, 5.41) is 3.10. The molecule has 1 unspecified atom stereocenters. The van der Waals surface area contributed by atoms with Gasteiger partial charge in [-0.2, -0.15) is 0 Å². The number of benzene rings is 1. The summed E-state index contributed by atoms with van der Waals surface area (Å²) in [6, 6.07) is 8.43. The van der Waals surface area contributed by atoms with E-state index in [1.165, 1.54) is 5.56 Å². The van der Waals surface area contributed by atoms with Crippen molar-refractivity contribution >= 4 is 34.2 Å². The average Bonchev–Trinajstić information content (AvgIpc) is 2.52. The number of nitrogens with one attached hydrogen (secondary N) is 1. The molecule has 4 nitrogen and oxygen atoms in total. The van der Waals surface area contributed by atoms with Gasteiger partial charge in [-0.25, -0.2) is 0 Å². The molecule has 0 spiro atoms. The number of ether oxygens (including phenoxy) is 1. The van der Waals surface area contributed by atoms with E-state index in [9.17, 15) is 4.79 Å². The monoisotopic (exact) mass is 404 g/mol. The van der Waals surface area contributed by atoms with Gasteiger partial charge in [-0.05, 0) is 43.9 Å². The highest BCUT2D eigenvalue weighted by atomic mass is 79.9. The summed E-state index contributed by atoms with van der Waals surface area (Å²) >= 11 is 3.54. The third kappa shape index (κ3) is 6.07. The molecule has 0 aliphatic carbocycles. The molecule has 3 N–H and O–H groups in total. The molecule has 1 aromatic carbocycles. The van der Waals surface area contributed by atoms with E-state index < -0.39 is 0 Å². The van der Waals surface area contributed by atoms with Crippen molar-refractivity contribution in [1.82, 2.24) is 5.32 Å². The molecule has 1 amide bonds. The summed E-state index contributed by atoms with van der Waals surface area (Å²) in [5.41, 5.74) is 6.94. The fourth-order valence-corrected chi connectivity index (χ4v) is 3.26. The summed E-state index contributed by atoms with van der Waals surface area (Å²) in [7, 11) is 0. The second kappa shape index (κ2) is 9.62.